The van der Waals surface area contributed by atoms with Crippen molar-refractivity contribution in [3.05, 3.63) is 86.9 Å². The highest BCUT2D eigenvalue weighted by atomic mass is 35.5. The lowest BCUT2D eigenvalue weighted by Gasteiger charge is -2.08. The van der Waals surface area contributed by atoms with E-state index in [1.54, 1.807) is 37.3 Å². The van der Waals surface area contributed by atoms with Crippen molar-refractivity contribution in [1.82, 2.24) is 19.2 Å². The van der Waals surface area contributed by atoms with Crippen molar-refractivity contribution in [2.24, 2.45) is 0 Å². The standard InChI is InChI=1S/C21H14ClF3N4O2/c1-12-10-18-27-28(11-17(30)13-4-8-16(22)9-5-13)20(31)29(18)19(26-12)14-2-6-15(7-3-14)21(23,24)25/h2-10H,11H2,1H3. The Kier molecular flexibility index (Phi) is 5.14. The highest BCUT2D eigenvalue weighted by Gasteiger charge is 2.30. The van der Waals surface area contributed by atoms with E-state index in [2.05, 4.69) is 10.1 Å². The second-order valence-corrected chi connectivity index (χ2v) is 7.30. The number of nitrogens with zero attached hydrogens (tertiary/aromatic N) is 4. The minimum absolute atomic E-state index is 0.138. The Hall–Kier alpha value is -3.46. The van der Waals surface area contributed by atoms with Gasteiger partial charge in [0.2, 0.25) is 0 Å². The van der Waals surface area contributed by atoms with Crippen LogP contribution in [0, 0.1) is 6.92 Å². The summed E-state index contributed by atoms with van der Waals surface area (Å²) in [6.07, 6.45) is -4.47. The molecule has 0 radical (unpaired) electrons. The fraction of sp³-hybridized carbons (Fsp3) is 0.143. The summed E-state index contributed by atoms with van der Waals surface area (Å²) in [5, 5.41) is 4.68. The number of aromatic nitrogens is 4. The Morgan fingerprint density at radius 2 is 1.71 bits per heavy atom. The number of rotatable bonds is 4. The average molecular weight is 447 g/mol. The van der Waals surface area contributed by atoms with Gasteiger partial charge in [-0.25, -0.2) is 18.9 Å². The molecule has 0 bridgehead atoms. The number of carbonyl (C=O) groups is 1. The van der Waals surface area contributed by atoms with Crippen LogP contribution in [-0.4, -0.2) is 24.9 Å². The van der Waals surface area contributed by atoms with Gasteiger partial charge in [-0.2, -0.15) is 13.2 Å². The van der Waals surface area contributed by atoms with Gasteiger partial charge in [-0.3, -0.25) is 4.79 Å². The van der Waals surface area contributed by atoms with E-state index >= 15 is 0 Å². The smallest absolute Gasteiger partial charge is 0.292 e. The van der Waals surface area contributed by atoms with Crippen molar-refractivity contribution < 1.29 is 18.0 Å². The number of hydrogen-bond acceptors (Lipinski definition) is 4. The van der Waals surface area contributed by atoms with Gasteiger partial charge in [-0.1, -0.05) is 23.7 Å². The molecule has 4 rings (SSSR count). The molecular weight excluding hydrogens is 433 g/mol. The van der Waals surface area contributed by atoms with E-state index in [-0.39, 0.29) is 23.8 Å². The van der Waals surface area contributed by atoms with Crippen molar-refractivity contribution in [2.75, 3.05) is 0 Å². The van der Waals surface area contributed by atoms with E-state index in [1.807, 2.05) is 0 Å². The van der Waals surface area contributed by atoms with Crippen LogP contribution in [0.25, 0.3) is 17.0 Å². The van der Waals surface area contributed by atoms with Crippen LogP contribution in [0.4, 0.5) is 13.2 Å². The summed E-state index contributed by atoms with van der Waals surface area (Å²) in [6, 6.07) is 12.1. The van der Waals surface area contributed by atoms with Gasteiger partial charge in [0.15, 0.2) is 11.4 Å². The van der Waals surface area contributed by atoms with Crippen LogP contribution in [0.2, 0.25) is 5.02 Å². The third kappa shape index (κ3) is 4.09. The maximum Gasteiger partial charge on any atom is 0.416 e. The summed E-state index contributed by atoms with van der Waals surface area (Å²) in [4.78, 5) is 29.8. The molecule has 0 fully saturated rings. The zero-order valence-electron chi connectivity index (χ0n) is 16.0. The van der Waals surface area contributed by atoms with Gasteiger partial charge in [0.05, 0.1) is 5.56 Å². The number of benzene rings is 2. The number of alkyl halides is 3. The number of ketones is 1. The molecule has 10 heteroatoms. The molecule has 4 aromatic rings. The lowest BCUT2D eigenvalue weighted by Crippen LogP contribution is -2.26. The Labute approximate surface area is 178 Å². The molecule has 158 valence electrons. The molecule has 0 aliphatic carbocycles. The normalized spacial score (nSPS) is 11.8. The van der Waals surface area contributed by atoms with Crippen molar-refractivity contribution in [3.63, 3.8) is 0 Å². The first-order chi connectivity index (χ1) is 14.6. The molecular formula is C21H14ClF3N4O2. The topological polar surface area (TPSA) is 69.3 Å². The first-order valence-corrected chi connectivity index (χ1v) is 9.45. The molecule has 2 aromatic heterocycles. The van der Waals surface area contributed by atoms with Crippen LogP contribution in [0.15, 0.2) is 59.4 Å². The second-order valence-electron chi connectivity index (χ2n) is 6.86. The first kappa shape index (κ1) is 20.8. The molecule has 0 N–H and O–H groups in total. The summed E-state index contributed by atoms with van der Waals surface area (Å²) < 4.78 is 40.8. The molecule has 6 nitrogen and oxygen atoms in total. The van der Waals surface area contributed by atoms with Gasteiger partial charge >= 0.3 is 11.9 Å². The van der Waals surface area contributed by atoms with Gasteiger partial charge in [-0.15, -0.1) is 5.10 Å². The molecule has 2 aromatic carbocycles. The molecule has 31 heavy (non-hydrogen) atoms. The van der Waals surface area contributed by atoms with Gasteiger partial charge in [0, 0.05) is 27.9 Å². The predicted octanol–water partition coefficient (Wildman–Crippen LogP) is 4.42. The van der Waals surface area contributed by atoms with Crippen molar-refractivity contribution in [1.29, 1.82) is 0 Å². The minimum Gasteiger partial charge on any atom is -0.292 e. The number of carbonyl (C=O) groups excluding carboxylic acids is 1. The molecule has 0 amide bonds. The molecule has 2 heterocycles. The van der Waals surface area contributed by atoms with Crippen LogP contribution in [-0.2, 0) is 12.7 Å². The lowest BCUT2D eigenvalue weighted by atomic mass is 10.1. The first-order valence-electron chi connectivity index (χ1n) is 9.07. The van der Waals surface area contributed by atoms with E-state index in [9.17, 15) is 22.8 Å². The van der Waals surface area contributed by atoms with Gasteiger partial charge < -0.3 is 0 Å². The highest BCUT2D eigenvalue weighted by molar-refractivity contribution is 6.30. The summed E-state index contributed by atoms with van der Waals surface area (Å²) in [5.74, 6) is -0.207. The maximum atomic E-state index is 13.0. The monoisotopic (exact) mass is 446 g/mol. The molecule has 0 aliphatic rings. The highest BCUT2D eigenvalue weighted by Crippen LogP contribution is 2.30. The minimum atomic E-state index is -4.47. The molecule has 0 spiro atoms. The Morgan fingerprint density at radius 1 is 1.06 bits per heavy atom. The van der Waals surface area contributed by atoms with Crippen molar-refractivity contribution in [2.45, 2.75) is 19.6 Å². The molecule has 0 aliphatic heterocycles. The fourth-order valence-electron chi connectivity index (χ4n) is 3.12. The molecule has 0 atom stereocenters. The van der Waals surface area contributed by atoms with Gasteiger partial charge in [0.1, 0.15) is 12.4 Å². The zero-order chi connectivity index (χ0) is 22.3. The molecule has 0 unspecified atom stereocenters. The maximum absolute atomic E-state index is 13.0. The van der Waals surface area contributed by atoms with E-state index < -0.39 is 17.4 Å². The molecule has 0 saturated heterocycles. The summed E-state index contributed by atoms with van der Waals surface area (Å²) >= 11 is 5.83. The zero-order valence-corrected chi connectivity index (χ0v) is 16.8. The fourth-order valence-corrected chi connectivity index (χ4v) is 3.25. The number of aryl methyl sites for hydroxylation is 1. The number of fused-ring (bicyclic) bond motifs is 1. The summed E-state index contributed by atoms with van der Waals surface area (Å²) in [5.41, 5.74) is -0.00524. The third-order valence-corrected chi connectivity index (χ3v) is 4.88. The van der Waals surface area contributed by atoms with Crippen LogP contribution < -0.4 is 5.69 Å². The second kappa shape index (κ2) is 7.66. The van der Waals surface area contributed by atoms with E-state index in [0.29, 0.717) is 21.8 Å². The SMILES string of the molecule is Cc1cc2nn(CC(=O)c3ccc(Cl)cc3)c(=O)n2c(-c2ccc(C(F)(F)F)cc2)n1. The van der Waals surface area contributed by atoms with E-state index in [4.69, 9.17) is 11.6 Å². The van der Waals surface area contributed by atoms with Crippen LogP contribution >= 0.6 is 11.6 Å². The van der Waals surface area contributed by atoms with E-state index in [1.165, 1.54) is 16.5 Å². The van der Waals surface area contributed by atoms with Crippen molar-refractivity contribution in [3.8, 4) is 11.4 Å². The Balaban J connectivity index is 1.76. The third-order valence-electron chi connectivity index (χ3n) is 4.63. The predicted molar refractivity (Wildman–Crippen MR) is 108 cm³/mol. The van der Waals surface area contributed by atoms with Crippen LogP contribution in [0.1, 0.15) is 21.6 Å². The number of halogens is 4. The van der Waals surface area contributed by atoms with E-state index in [0.717, 1.165) is 16.8 Å². The lowest BCUT2D eigenvalue weighted by molar-refractivity contribution is -0.137. The largest absolute Gasteiger partial charge is 0.416 e. The average Bonchev–Trinajstić information content (AvgIpc) is 3.02. The Bertz CT molecular complexity index is 1340. The van der Waals surface area contributed by atoms with Crippen LogP contribution in [0.5, 0.6) is 0 Å². The summed E-state index contributed by atoms with van der Waals surface area (Å²) in [7, 11) is 0. The van der Waals surface area contributed by atoms with Gasteiger partial charge in [-0.05, 0) is 43.3 Å². The quantitative estimate of drug-likeness (QED) is 0.435. The van der Waals surface area contributed by atoms with Gasteiger partial charge in [0.25, 0.3) is 0 Å². The molecule has 0 saturated carbocycles. The number of hydrogen-bond donors (Lipinski definition) is 0. The summed E-state index contributed by atoms with van der Waals surface area (Å²) in [6.45, 7) is 1.36. The number of Topliss-reactive ketones (excluding diaryl/α,β-unsaturated/α-hetero) is 1. The Morgan fingerprint density at radius 3 is 2.32 bits per heavy atom. The van der Waals surface area contributed by atoms with Crippen molar-refractivity contribution >= 4 is 23.0 Å². The van der Waals surface area contributed by atoms with Crippen LogP contribution in [0.3, 0.4) is 0 Å².